The number of thiophene rings is 1. The van der Waals surface area contributed by atoms with Crippen molar-refractivity contribution >= 4 is 33.6 Å². The molecular weight excluding hydrogens is 312 g/mol. The Labute approximate surface area is 131 Å². The first-order valence-electron chi connectivity index (χ1n) is 6.48. The summed E-state index contributed by atoms with van der Waals surface area (Å²) < 4.78 is 5.50. The molecule has 1 heterocycles. The van der Waals surface area contributed by atoms with E-state index in [1.54, 1.807) is 17.5 Å². The van der Waals surface area contributed by atoms with Gasteiger partial charge in [0.1, 0.15) is 5.75 Å². The molecule has 5 nitrogen and oxygen atoms in total. The number of anilines is 1. The average Bonchev–Trinajstić information content (AvgIpc) is 2.93. The quantitative estimate of drug-likeness (QED) is 0.591. The summed E-state index contributed by atoms with van der Waals surface area (Å²) in [7, 11) is 0. The summed E-state index contributed by atoms with van der Waals surface area (Å²) >= 11 is 7.26. The maximum absolute atomic E-state index is 10.6. The summed E-state index contributed by atoms with van der Waals surface area (Å²) in [6, 6.07) is 7.04. The molecule has 0 saturated carbocycles. The molecule has 0 aliphatic rings. The highest BCUT2D eigenvalue weighted by molar-refractivity contribution is 7.13. The van der Waals surface area contributed by atoms with Gasteiger partial charge < -0.3 is 10.1 Å². The Bertz CT molecular complexity index is 630. The van der Waals surface area contributed by atoms with Gasteiger partial charge in [-0.05, 0) is 30.2 Å². The number of ether oxygens (including phenoxy) is 1. The molecule has 0 unspecified atom stereocenters. The van der Waals surface area contributed by atoms with Crippen molar-refractivity contribution < 1.29 is 9.66 Å². The summed E-state index contributed by atoms with van der Waals surface area (Å²) in [6.45, 7) is 3.17. The number of hydrogen-bond acceptors (Lipinski definition) is 5. The minimum absolute atomic E-state index is 0.146. The highest BCUT2D eigenvalue weighted by atomic mass is 35.5. The number of benzene rings is 1. The second-order valence-electron chi connectivity index (χ2n) is 4.40. The van der Waals surface area contributed by atoms with Gasteiger partial charge in [0.25, 0.3) is 0 Å². The zero-order valence-corrected chi connectivity index (χ0v) is 13.0. The van der Waals surface area contributed by atoms with Crippen LogP contribution in [-0.2, 0) is 6.54 Å². The summed E-state index contributed by atoms with van der Waals surface area (Å²) in [5.41, 5.74) is 1.71. The average molecular weight is 327 g/mol. The molecule has 0 saturated heterocycles. The lowest BCUT2D eigenvalue weighted by molar-refractivity contribution is -0.380. The molecular formula is C14H15ClN2O3S. The van der Waals surface area contributed by atoms with Gasteiger partial charge in [0.05, 0.1) is 16.6 Å². The molecule has 112 valence electrons. The van der Waals surface area contributed by atoms with Crippen LogP contribution in [0.15, 0.2) is 29.6 Å². The van der Waals surface area contributed by atoms with Crippen molar-refractivity contribution in [3.8, 4) is 5.75 Å². The molecule has 0 atom stereocenters. The molecule has 0 bridgehead atoms. The minimum Gasteiger partial charge on any atom is -0.492 e. The molecule has 1 aromatic heterocycles. The Kier molecular flexibility index (Phi) is 5.41. The second kappa shape index (κ2) is 7.28. The number of hydrogen-bond donors (Lipinski definition) is 1. The third-order valence-electron chi connectivity index (χ3n) is 2.71. The second-order valence-corrected chi connectivity index (χ2v) is 5.69. The van der Waals surface area contributed by atoms with Crippen molar-refractivity contribution in [1.82, 2.24) is 0 Å². The molecule has 1 N–H and O–H groups in total. The molecule has 2 rings (SSSR count). The van der Waals surface area contributed by atoms with Crippen LogP contribution in [-0.4, -0.2) is 11.5 Å². The molecule has 1 aromatic carbocycles. The van der Waals surface area contributed by atoms with Gasteiger partial charge >= 0.3 is 5.00 Å². The Morgan fingerprint density at radius 1 is 1.43 bits per heavy atom. The van der Waals surface area contributed by atoms with Gasteiger partial charge in [-0.25, -0.2) is 0 Å². The van der Waals surface area contributed by atoms with Crippen molar-refractivity contribution in [1.29, 1.82) is 0 Å². The minimum atomic E-state index is -0.384. The van der Waals surface area contributed by atoms with E-state index in [0.717, 1.165) is 29.0 Å². The fourth-order valence-corrected chi connectivity index (χ4v) is 2.66. The number of nitrogens with zero attached hydrogens (tertiary/aromatic N) is 1. The van der Waals surface area contributed by atoms with E-state index in [1.807, 2.05) is 19.1 Å². The van der Waals surface area contributed by atoms with Gasteiger partial charge in [0.15, 0.2) is 0 Å². The number of rotatable bonds is 7. The fraction of sp³-hybridized carbons (Fsp3) is 0.286. The normalized spacial score (nSPS) is 10.4. The van der Waals surface area contributed by atoms with Crippen LogP contribution in [0.1, 0.15) is 18.9 Å². The Morgan fingerprint density at radius 2 is 2.24 bits per heavy atom. The van der Waals surface area contributed by atoms with Gasteiger partial charge in [-0.3, -0.25) is 10.1 Å². The third-order valence-corrected chi connectivity index (χ3v) is 3.93. The van der Waals surface area contributed by atoms with Crippen molar-refractivity contribution in [3.05, 3.63) is 50.3 Å². The lowest BCUT2D eigenvalue weighted by atomic mass is 10.2. The summed E-state index contributed by atoms with van der Waals surface area (Å²) in [5.74, 6) is 0.662. The van der Waals surface area contributed by atoms with Crippen LogP contribution in [0.4, 0.5) is 10.7 Å². The van der Waals surface area contributed by atoms with E-state index in [-0.39, 0.29) is 9.92 Å². The molecule has 21 heavy (non-hydrogen) atoms. The van der Waals surface area contributed by atoms with Gasteiger partial charge in [0.2, 0.25) is 0 Å². The van der Waals surface area contributed by atoms with Crippen LogP contribution in [0.2, 0.25) is 5.02 Å². The smallest absolute Gasteiger partial charge is 0.324 e. The monoisotopic (exact) mass is 326 g/mol. The Balaban J connectivity index is 1.96. The molecule has 0 radical (unpaired) electrons. The van der Waals surface area contributed by atoms with E-state index in [2.05, 4.69) is 5.32 Å². The topological polar surface area (TPSA) is 64.4 Å². The van der Waals surface area contributed by atoms with Gasteiger partial charge in [-0.1, -0.05) is 29.9 Å². The van der Waals surface area contributed by atoms with Gasteiger partial charge in [0, 0.05) is 23.7 Å². The van der Waals surface area contributed by atoms with Crippen LogP contribution in [0.5, 0.6) is 5.75 Å². The zero-order valence-electron chi connectivity index (χ0n) is 11.5. The largest absolute Gasteiger partial charge is 0.492 e. The maximum atomic E-state index is 10.6. The van der Waals surface area contributed by atoms with Crippen molar-refractivity contribution in [2.75, 3.05) is 11.9 Å². The van der Waals surface area contributed by atoms with Crippen molar-refractivity contribution in [3.63, 3.8) is 0 Å². The molecule has 2 aromatic rings. The summed E-state index contributed by atoms with van der Waals surface area (Å²) in [4.78, 5) is 10.2. The van der Waals surface area contributed by atoms with Gasteiger partial charge in [-0.2, -0.15) is 0 Å². The number of halogens is 1. The molecule has 0 aliphatic heterocycles. The molecule has 0 amide bonds. The van der Waals surface area contributed by atoms with Crippen LogP contribution in [0.25, 0.3) is 0 Å². The Morgan fingerprint density at radius 3 is 2.86 bits per heavy atom. The van der Waals surface area contributed by atoms with E-state index in [4.69, 9.17) is 16.3 Å². The van der Waals surface area contributed by atoms with E-state index in [0.29, 0.717) is 23.9 Å². The van der Waals surface area contributed by atoms with Crippen LogP contribution >= 0.6 is 22.9 Å². The SMILES string of the molecule is CCCOc1ccc(NCc2csc([N+](=O)[O-])c2)cc1Cl. The molecule has 0 aliphatic carbocycles. The number of nitrogens with one attached hydrogen (secondary N) is 1. The third kappa shape index (κ3) is 4.34. The predicted molar refractivity (Wildman–Crippen MR) is 85.5 cm³/mol. The van der Waals surface area contributed by atoms with E-state index >= 15 is 0 Å². The van der Waals surface area contributed by atoms with Crippen molar-refractivity contribution in [2.45, 2.75) is 19.9 Å². The predicted octanol–water partition coefficient (Wildman–Crippen LogP) is 4.71. The number of nitro groups is 1. The van der Waals surface area contributed by atoms with E-state index < -0.39 is 0 Å². The van der Waals surface area contributed by atoms with Crippen molar-refractivity contribution in [2.24, 2.45) is 0 Å². The van der Waals surface area contributed by atoms with Crippen LogP contribution in [0.3, 0.4) is 0 Å². The first kappa shape index (κ1) is 15.6. The Hall–Kier alpha value is -1.79. The van der Waals surface area contributed by atoms with E-state index in [9.17, 15) is 10.1 Å². The lowest BCUT2D eigenvalue weighted by Crippen LogP contribution is -1.99. The summed E-state index contributed by atoms with van der Waals surface area (Å²) in [5, 5.41) is 16.3. The van der Waals surface area contributed by atoms with Crippen LogP contribution < -0.4 is 10.1 Å². The van der Waals surface area contributed by atoms with E-state index in [1.165, 1.54) is 0 Å². The molecule has 0 spiro atoms. The van der Waals surface area contributed by atoms with Crippen LogP contribution in [0, 0.1) is 10.1 Å². The summed E-state index contributed by atoms with van der Waals surface area (Å²) in [6.07, 6.45) is 0.924. The highest BCUT2D eigenvalue weighted by Gasteiger charge is 2.09. The maximum Gasteiger partial charge on any atom is 0.324 e. The standard InChI is InChI=1S/C14H15ClN2O3S/c1-2-5-20-13-4-3-11(7-12(13)15)16-8-10-6-14(17(18)19)21-9-10/h3-4,6-7,9,16H,2,5,8H2,1H3. The first-order chi connectivity index (χ1) is 10.1. The highest BCUT2D eigenvalue weighted by Crippen LogP contribution is 2.28. The first-order valence-corrected chi connectivity index (χ1v) is 7.74. The molecule has 7 heteroatoms. The zero-order chi connectivity index (χ0) is 15.2. The van der Waals surface area contributed by atoms with Gasteiger partial charge in [-0.15, -0.1) is 0 Å². The molecule has 0 fully saturated rings. The fourth-order valence-electron chi connectivity index (χ4n) is 1.70. The lowest BCUT2D eigenvalue weighted by Gasteiger charge is -2.10.